The van der Waals surface area contributed by atoms with Crippen molar-refractivity contribution in [1.82, 2.24) is 0 Å². The van der Waals surface area contributed by atoms with Crippen molar-refractivity contribution in [2.45, 2.75) is 26.5 Å². The van der Waals surface area contributed by atoms with E-state index in [-0.39, 0.29) is 5.75 Å². The van der Waals surface area contributed by atoms with E-state index in [4.69, 9.17) is 5.73 Å². The first-order valence-corrected chi connectivity index (χ1v) is 6.36. The van der Waals surface area contributed by atoms with Gasteiger partial charge in [-0.25, -0.2) is 0 Å². The van der Waals surface area contributed by atoms with Crippen LogP contribution in [-0.2, 0) is 0 Å². The lowest BCUT2D eigenvalue weighted by molar-refractivity contribution is -0.0505. The van der Waals surface area contributed by atoms with Crippen LogP contribution in [0.4, 0.5) is 8.78 Å². The molecule has 0 saturated carbocycles. The summed E-state index contributed by atoms with van der Waals surface area (Å²) in [4.78, 5) is 0. The summed E-state index contributed by atoms with van der Waals surface area (Å²) in [5, 5.41) is 0. The van der Waals surface area contributed by atoms with E-state index in [2.05, 4.69) is 4.74 Å². The molecular formula is C16H17F2NO. The number of halogens is 2. The van der Waals surface area contributed by atoms with Crippen LogP contribution in [0, 0.1) is 13.8 Å². The highest BCUT2D eigenvalue weighted by atomic mass is 19.3. The molecule has 2 aromatic rings. The van der Waals surface area contributed by atoms with Gasteiger partial charge in [0, 0.05) is 5.56 Å². The van der Waals surface area contributed by atoms with Gasteiger partial charge in [0.05, 0.1) is 6.04 Å². The van der Waals surface area contributed by atoms with Gasteiger partial charge in [-0.3, -0.25) is 0 Å². The van der Waals surface area contributed by atoms with Crippen LogP contribution in [-0.4, -0.2) is 6.61 Å². The van der Waals surface area contributed by atoms with Crippen LogP contribution in [0.15, 0.2) is 42.5 Å². The van der Waals surface area contributed by atoms with E-state index in [0.717, 1.165) is 16.7 Å². The van der Waals surface area contributed by atoms with Crippen molar-refractivity contribution in [2.24, 2.45) is 5.73 Å². The molecule has 2 nitrogen and oxygen atoms in total. The number of nitrogens with two attached hydrogens (primary N) is 1. The van der Waals surface area contributed by atoms with E-state index in [1.54, 1.807) is 18.2 Å². The molecular weight excluding hydrogens is 260 g/mol. The second-order valence-electron chi connectivity index (χ2n) is 4.68. The van der Waals surface area contributed by atoms with Crippen molar-refractivity contribution < 1.29 is 13.5 Å². The number of ether oxygens (including phenoxy) is 1. The maximum atomic E-state index is 12.4. The predicted octanol–water partition coefficient (Wildman–Crippen LogP) is 3.95. The Labute approximate surface area is 117 Å². The molecule has 0 fully saturated rings. The summed E-state index contributed by atoms with van der Waals surface area (Å²) in [6, 6.07) is 11.9. The maximum absolute atomic E-state index is 12.4. The molecule has 0 aromatic heterocycles. The third kappa shape index (κ3) is 2.96. The van der Waals surface area contributed by atoms with E-state index in [9.17, 15) is 8.78 Å². The predicted molar refractivity (Wildman–Crippen MR) is 75.0 cm³/mol. The number of rotatable bonds is 4. The molecule has 2 aromatic carbocycles. The summed E-state index contributed by atoms with van der Waals surface area (Å²) in [5.74, 6) is 0.121. The molecule has 106 valence electrons. The minimum Gasteiger partial charge on any atom is -0.434 e. The van der Waals surface area contributed by atoms with E-state index < -0.39 is 12.7 Å². The zero-order valence-electron chi connectivity index (χ0n) is 11.4. The number of benzene rings is 2. The normalized spacial score (nSPS) is 12.5. The van der Waals surface area contributed by atoms with Gasteiger partial charge in [-0.15, -0.1) is 0 Å². The summed E-state index contributed by atoms with van der Waals surface area (Å²) < 4.78 is 29.4. The Balaban J connectivity index is 2.43. The second-order valence-corrected chi connectivity index (χ2v) is 4.68. The molecule has 0 amide bonds. The molecule has 0 aliphatic heterocycles. The standard InChI is InChI=1S/C16H17F2NO/c1-10-6-5-8-12(11(10)2)15(19)13-7-3-4-9-14(13)20-16(17)18/h3-9,15-16H,19H2,1-2H3. The van der Waals surface area contributed by atoms with Gasteiger partial charge in [0.25, 0.3) is 0 Å². The number of aryl methyl sites for hydroxylation is 1. The van der Waals surface area contributed by atoms with E-state index in [1.807, 2.05) is 32.0 Å². The van der Waals surface area contributed by atoms with Gasteiger partial charge in [-0.1, -0.05) is 36.4 Å². The van der Waals surface area contributed by atoms with Crippen molar-refractivity contribution in [1.29, 1.82) is 0 Å². The highest BCUT2D eigenvalue weighted by molar-refractivity contribution is 5.45. The Morgan fingerprint density at radius 3 is 2.30 bits per heavy atom. The molecule has 0 aliphatic carbocycles. The van der Waals surface area contributed by atoms with Crippen molar-refractivity contribution in [3.8, 4) is 5.75 Å². The zero-order chi connectivity index (χ0) is 14.7. The average molecular weight is 277 g/mol. The van der Waals surface area contributed by atoms with Crippen LogP contribution in [0.5, 0.6) is 5.75 Å². The van der Waals surface area contributed by atoms with Crippen LogP contribution in [0.2, 0.25) is 0 Å². The highest BCUT2D eigenvalue weighted by Crippen LogP contribution is 2.31. The van der Waals surface area contributed by atoms with Gasteiger partial charge in [0.1, 0.15) is 5.75 Å². The molecule has 0 heterocycles. The zero-order valence-corrected chi connectivity index (χ0v) is 11.4. The molecule has 2 N–H and O–H groups in total. The van der Waals surface area contributed by atoms with Crippen LogP contribution < -0.4 is 10.5 Å². The lowest BCUT2D eigenvalue weighted by Gasteiger charge is -2.19. The first-order chi connectivity index (χ1) is 9.50. The summed E-state index contributed by atoms with van der Waals surface area (Å²) in [6.45, 7) is 1.11. The minimum atomic E-state index is -2.86. The number of alkyl halides is 2. The fourth-order valence-electron chi connectivity index (χ4n) is 2.22. The highest BCUT2D eigenvalue weighted by Gasteiger charge is 2.18. The Bertz CT molecular complexity index is 599. The van der Waals surface area contributed by atoms with Crippen molar-refractivity contribution >= 4 is 0 Å². The van der Waals surface area contributed by atoms with E-state index >= 15 is 0 Å². The molecule has 0 saturated heterocycles. The van der Waals surface area contributed by atoms with Crippen molar-refractivity contribution in [3.63, 3.8) is 0 Å². The number of hydrogen-bond acceptors (Lipinski definition) is 2. The van der Waals surface area contributed by atoms with Crippen LogP contribution in [0.25, 0.3) is 0 Å². The van der Waals surface area contributed by atoms with Crippen molar-refractivity contribution in [3.05, 3.63) is 64.7 Å². The van der Waals surface area contributed by atoms with Crippen LogP contribution >= 0.6 is 0 Å². The topological polar surface area (TPSA) is 35.2 Å². The van der Waals surface area contributed by atoms with Crippen LogP contribution in [0.1, 0.15) is 28.3 Å². The Hall–Kier alpha value is -1.94. The lowest BCUT2D eigenvalue weighted by atomic mass is 9.93. The summed E-state index contributed by atoms with van der Waals surface area (Å²) in [6.07, 6.45) is 0. The van der Waals surface area contributed by atoms with Crippen molar-refractivity contribution in [2.75, 3.05) is 0 Å². The molecule has 0 radical (unpaired) electrons. The summed E-state index contributed by atoms with van der Waals surface area (Å²) >= 11 is 0. The average Bonchev–Trinajstić information content (AvgIpc) is 2.41. The number of hydrogen-bond donors (Lipinski definition) is 1. The lowest BCUT2D eigenvalue weighted by Crippen LogP contribution is -2.16. The Morgan fingerprint density at radius 2 is 1.60 bits per heavy atom. The second kappa shape index (κ2) is 6.01. The summed E-state index contributed by atoms with van der Waals surface area (Å²) in [5.41, 5.74) is 9.88. The van der Waals surface area contributed by atoms with E-state index in [1.165, 1.54) is 6.07 Å². The number of para-hydroxylation sites is 1. The first-order valence-electron chi connectivity index (χ1n) is 6.36. The van der Waals surface area contributed by atoms with Gasteiger partial charge in [0.15, 0.2) is 0 Å². The largest absolute Gasteiger partial charge is 0.434 e. The molecule has 0 spiro atoms. The van der Waals surface area contributed by atoms with Gasteiger partial charge in [-0.2, -0.15) is 8.78 Å². The quantitative estimate of drug-likeness (QED) is 0.918. The molecule has 1 atom stereocenters. The first kappa shape index (κ1) is 14.5. The minimum absolute atomic E-state index is 0.121. The Morgan fingerprint density at radius 1 is 0.950 bits per heavy atom. The Kier molecular flexibility index (Phi) is 4.35. The molecule has 0 bridgehead atoms. The molecule has 1 unspecified atom stereocenters. The monoisotopic (exact) mass is 277 g/mol. The fourth-order valence-corrected chi connectivity index (χ4v) is 2.22. The van der Waals surface area contributed by atoms with Gasteiger partial charge in [0.2, 0.25) is 0 Å². The molecule has 4 heteroatoms. The van der Waals surface area contributed by atoms with Gasteiger partial charge < -0.3 is 10.5 Å². The molecule has 2 rings (SSSR count). The van der Waals surface area contributed by atoms with E-state index in [0.29, 0.717) is 5.56 Å². The van der Waals surface area contributed by atoms with Gasteiger partial charge in [-0.05, 0) is 36.6 Å². The smallest absolute Gasteiger partial charge is 0.387 e. The SMILES string of the molecule is Cc1cccc(C(N)c2ccccc2OC(F)F)c1C. The maximum Gasteiger partial charge on any atom is 0.387 e. The molecule has 20 heavy (non-hydrogen) atoms. The van der Waals surface area contributed by atoms with Gasteiger partial charge >= 0.3 is 6.61 Å². The summed E-state index contributed by atoms with van der Waals surface area (Å²) in [7, 11) is 0. The third-order valence-electron chi connectivity index (χ3n) is 3.45. The third-order valence-corrected chi connectivity index (χ3v) is 3.45. The molecule has 0 aliphatic rings. The fraction of sp³-hybridized carbons (Fsp3) is 0.250. The van der Waals surface area contributed by atoms with Crippen LogP contribution in [0.3, 0.4) is 0 Å².